The Morgan fingerprint density at radius 3 is 2.65 bits per heavy atom. The van der Waals surface area contributed by atoms with Gasteiger partial charge in [-0.25, -0.2) is 4.98 Å². The van der Waals surface area contributed by atoms with Gasteiger partial charge in [-0.15, -0.1) is 0 Å². The fraction of sp³-hybridized carbons (Fsp3) is 0.353. The summed E-state index contributed by atoms with van der Waals surface area (Å²) in [6.07, 6.45) is 4.31. The Bertz CT molecular complexity index is 679. The van der Waals surface area contributed by atoms with E-state index in [1.165, 1.54) is 6.20 Å². The van der Waals surface area contributed by atoms with Crippen LogP contribution in [0.2, 0.25) is 0 Å². The maximum Gasteiger partial charge on any atom is 0.275 e. The molecule has 1 aromatic carbocycles. The highest BCUT2D eigenvalue weighted by molar-refractivity contribution is 6.04. The first-order chi connectivity index (χ1) is 11.1. The number of amides is 1. The number of aliphatic hydroxyl groups is 1. The number of piperidine rings is 1. The molecule has 23 heavy (non-hydrogen) atoms. The number of nitrogens with one attached hydrogen (secondary N) is 1. The third-order valence-corrected chi connectivity index (χ3v) is 3.97. The number of aliphatic hydroxyl groups excluding tert-OH is 1. The Morgan fingerprint density at radius 1 is 1.22 bits per heavy atom. The zero-order valence-corrected chi connectivity index (χ0v) is 13.1. The summed E-state index contributed by atoms with van der Waals surface area (Å²) in [6, 6.07) is 7.69. The van der Waals surface area contributed by atoms with Gasteiger partial charge < -0.3 is 15.3 Å². The van der Waals surface area contributed by atoms with Gasteiger partial charge in [0.25, 0.3) is 5.91 Å². The number of para-hydroxylation sites is 2. The molecule has 120 valence electrons. The van der Waals surface area contributed by atoms with Crippen LogP contribution < -0.4 is 10.2 Å². The predicted octanol–water partition coefficient (Wildman–Crippen LogP) is 2.00. The van der Waals surface area contributed by atoms with E-state index in [4.69, 9.17) is 0 Å². The van der Waals surface area contributed by atoms with E-state index in [0.717, 1.165) is 43.0 Å². The number of nitrogens with zero attached hydrogens (tertiary/aromatic N) is 3. The van der Waals surface area contributed by atoms with Crippen molar-refractivity contribution in [3.63, 3.8) is 0 Å². The average Bonchev–Trinajstić information content (AvgIpc) is 2.57. The Labute approximate surface area is 135 Å². The topological polar surface area (TPSA) is 78.4 Å². The van der Waals surface area contributed by atoms with E-state index < -0.39 is 0 Å². The molecule has 3 rings (SSSR count). The number of hydrogen-bond acceptors (Lipinski definition) is 5. The van der Waals surface area contributed by atoms with Crippen LogP contribution in [0.5, 0.6) is 0 Å². The van der Waals surface area contributed by atoms with Gasteiger partial charge >= 0.3 is 0 Å². The molecule has 1 fully saturated rings. The first-order valence-corrected chi connectivity index (χ1v) is 7.75. The SMILES string of the molecule is Cc1cnc(C(=O)Nc2ccccc2N2CCC(O)CC2)cn1. The average molecular weight is 312 g/mol. The molecular formula is C17H20N4O2. The van der Waals surface area contributed by atoms with Crippen LogP contribution in [-0.2, 0) is 0 Å². The van der Waals surface area contributed by atoms with Crippen molar-refractivity contribution in [2.75, 3.05) is 23.3 Å². The molecule has 1 aromatic heterocycles. The van der Waals surface area contributed by atoms with Crippen LogP contribution in [0.1, 0.15) is 29.0 Å². The Hall–Kier alpha value is -2.47. The quantitative estimate of drug-likeness (QED) is 0.906. The number of hydrogen-bond donors (Lipinski definition) is 2. The summed E-state index contributed by atoms with van der Waals surface area (Å²) in [5, 5.41) is 12.6. The molecule has 2 N–H and O–H groups in total. The number of carbonyl (C=O) groups excluding carboxylic acids is 1. The number of benzene rings is 1. The molecule has 0 aliphatic carbocycles. The largest absolute Gasteiger partial charge is 0.393 e. The van der Waals surface area contributed by atoms with E-state index in [9.17, 15) is 9.90 Å². The van der Waals surface area contributed by atoms with Crippen molar-refractivity contribution < 1.29 is 9.90 Å². The molecule has 0 bridgehead atoms. The summed E-state index contributed by atoms with van der Waals surface area (Å²) in [6.45, 7) is 3.38. The normalized spacial score (nSPS) is 15.5. The van der Waals surface area contributed by atoms with Gasteiger partial charge in [0.05, 0.1) is 29.4 Å². The van der Waals surface area contributed by atoms with E-state index >= 15 is 0 Å². The molecule has 6 heteroatoms. The Balaban J connectivity index is 1.77. The third-order valence-electron chi connectivity index (χ3n) is 3.97. The molecule has 0 spiro atoms. The van der Waals surface area contributed by atoms with E-state index in [1.807, 2.05) is 31.2 Å². The maximum atomic E-state index is 12.3. The summed E-state index contributed by atoms with van der Waals surface area (Å²) in [5.74, 6) is -0.276. The van der Waals surface area contributed by atoms with Crippen molar-refractivity contribution in [2.45, 2.75) is 25.9 Å². The lowest BCUT2D eigenvalue weighted by molar-refractivity contribution is 0.102. The lowest BCUT2D eigenvalue weighted by Crippen LogP contribution is -2.36. The summed E-state index contributed by atoms with van der Waals surface area (Å²) in [5.41, 5.74) is 2.78. The number of aryl methyl sites for hydroxylation is 1. The van der Waals surface area contributed by atoms with Crippen LogP contribution in [0.4, 0.5) is 11.4 Å². The molecule has 1 aliphatic heterocycles. The summed E-state index contributed by atoms with van der Waals surface area (Å²) in [4.78, 5) is 22.7. The van der Waals surface area contributed by atoms with E-state index in [-0.39, 0.29) is 12.0 Å². The van der Waals surface area contributed by atoms with Crippen LogP contribution in [0, 0.1) is 6.92 Å². The number of carbonyl (C=O) groups is 1. The zero-order chi connectivity index (χ0) is 16.2. The molecule has 2 aromatic rings. The minimum atomic E-state index is -0.276. The molecule has 1 amide bonds. The van der Waals surface area contributed by atoms with Crippen molar-refractivity contribution in [1.82, 2.24) is 9.97 Å². The number of rotatable bonds is 3. The van der Waals surface area contributed by atoms with Gasteiger partial charge in [0.1, 0.15) is 5.69 Å². The monoisotopic (exact) mass is 312 g/mol. The van der Waals surface area contributed by atoms with Gasteiger partial charge in [0.15, 0.2) is 0 Å². The van der Waals surface area contributed by atoms with Crippen molar-refractivity contribution in [1.29, 1.82) is 0 Å². The first kappa shape index (κ1) is 15.4. The van der Waals surface area contributed by atoms with Crippen LogP contribution >= 0.6 is 0 Å². The van der Waals surface area contributed by atoms with E-state index in [1.54, 1.807) is 6.20 Å². The molecular weight excluding hydrogens is 292 g/mol. The second kappa shape index (κ2) is 6.75. The van der Waals surface area contributed by atoms with Gasteiger partial charge in [-0.1, -0.05) is 12.1 Å². The van der Waals surface area contributed by atoms with E-state index in [2.05, 4.69) is 20.2 Å². The van der Waals surface area contributed by atoms with Crippen LogP contribution in [0.15, 0.2) is 36.7 Å². The first-order valence-electron chi connectivity index (χ1n) is 7.75. The summed E-state index contributed by atoms with van der Waals surface area (Å²) >= 11 is 0. The molecule has 6 nitrogen and oxygen atoms in total. The number of aromatic nitrogens is 2. The second-order valence-electron chi connectivity index (χ2n) is 5.73. The Morgan fingerprint density at radius 2 is 1.96 bits per heavy atom. The molecule has 1 saturated heterocycles. The Kier molecular flexibility index (Phi) is 4.52. The van der Waals surface area contributed by atoms with Crippen LogP contribution in [-0.4, -0.2) is 40.2 Å². The zero-order valence-electron chi connectivity index (χ0n) is 13.1. The fourth-order valence-corrected chi connectivity index (χ4v) is 2.66. The van der Waals surface area contributed by atoms with Gasteiger partial charge in [-0.05, 0) is 31.9 Å². The van der Waals surface area contributed by atoms with E-state index in [0.29, 0.717) is 5.69 Å². The van der Waals surface area contributed by atoms with Crippen molar-refractivity contribution in [2.24, 2.45) is 0 Å². The number of anilines is 2. The van der Waals surface area contributed by atoms with Gasteiger partial charge in [-0.2, -0.15) is 0 Å². The molecule has 2 heterocycles. The highest BCUT2D eigenvalue weighted by Gasteiger charge is 2.20. The standard InChI is InChI=1S/C17H20N4O2/c1-12-10-19-15(11-18-12)17(23)20-14-4-2-3-5-16(14)21-8-6-13(22)7-9-21/h2-5,10-11,13,22H,6-9H2,1H3,(H,20,23). The minimum absolute atomic E-state index is 0.226. The highest BCUT2D eigenvalue weighted by Crippen LogP contribution is 2.28. The van der Waals surface area contributed by atoms with Crippen LogP contribution in [0.3, 0.4) is 0 Å². The maximum absolute atomic E-state index is 12.3. The van der Waals surface area contributed by atoms with Crippen molar-refractivity contribution in [3.05, 3.63) is 48.0 Å². The van der Waals surface area contributed by atoms with Crippen LogP contribution in [0.25, 0.3) is 0 Å². The smallest absolute Gasteiger partial charge is 0.275 e. The summed E-state index contributed by atoms with van der Waals surface area (Å²) in [7, 11) is 0. The van der Waals surface area contributed by atoms with Gasteiger partial charge in [-0.3, -0.25) is 9.78 Å². The molecule has 0 atom stereocenters. The second-order valence-corrected chi connectivity index (χ2v) is 5.73. The molecule has 0 saturated carbocycles. The van der Waals surface area contributed by atoms with Gasteiger partial charge in [0.2, 0.25) is 0 Å². The lowest BCUT2D eigenvalue weighted by atomic mass is 10.1. The highest BCUT2D eigenvalue weighted by atomic mass is 16.3. The van der Waals surface area contributed by atoms with Crippen molar-refractivity contribution in [3.8, 4) is 0 Å². The van der Waals surface area contributed by atoms with Crippen molar-refractivity contribution >= 4 is 17.3 Å². The molecule has 1 aliphatic rings. The summed E-state index contributed by atoms with van der Waals surface area (Å²) < 4.78 is 0. The fourth-order valence-electron chi connectivity index (χ4n) is 2.66. The lowest BCUT2D eigenvalue weighted by Gasteiger charge is -2.32. The third kappa shape index (κ3) is 3.65. The van der Waals surface area contributed by atoms with Gasteiger partial charge in [0, 0.05) is 19.3 Å². The molecule has 0 radical (unpaired) electrons. The molecule has 0 unspecified atom stereocenters. The predicted molar refractivity (Wildman–Crippen MR) is 88.6 cm³/mol. The minimum Gasteiger partial charge on any atom is -0.393 e.